The molecule has 3 heterocycles. The van der Waals surface area contributed by atoms with Gasteiger partial charge >= 0.3 is 0 Å². The van der Waals surface area contributed by atoms with E-state index in [2.05, 4.69) is 46.1 Å². The SMILES string of the molecule is COc1cc(NC2CCN(c3ncc(Br)cn3)CC2)ncn1. The number of halogens is 1. The maximum atomic E-state index is 5.11. The van der Waals surface area contributed by atoms with Crippen LogP contribution in [0.2, 0.25) is 0 Å². The lowest BCUT2D eigenvalue weighted by Gasteiger charge is -2.32. The van der Waals surface area contributed by atoms with Crippen molar-refractivity contribution < 1.29 is 4.74 Å². The Morgan fingerprint density at radius 2 is 1.91 bits per heavy atom. The van der Waals surface area contributed by atoms with E-state index in [0.29, 0.717) is 11.9 Å². The van der Waals surface area contributed by atoms with Gasteiger partial charge in [-0.1, -0.05) is 0 Å². The minimum atomic E-state index is 0.381. The number of piperidine rings is 1. The summed E-state index contributed by atoms with van der Waals surface area (Å²) >= 11 is 3.35. The summed E-state index contributed by atoms with van der Waals surface area (Å²) in [6.45, 7) is 1.84. The number of aromatic nitrogens is 4. The zero-order valence-electron chi connectivity index (χ0n) is 12.2. The van der Waals surface area contributed by atoms with Crippen molar-refractivity contribution in [3.63, 3.8) is 0 Å². The van der Waals surface area contributed by atoms with E-state index < -0.39 is 0 Å². The van der Waals surface area contributed by atoms with E-state index in [1.54, 1.807) is 19.5 Å². The van der Waals surface area contributed by atoms with E-state index in [1.807, 2.05) is 6.07 Å². The van der Waals surface area contributed by atoms with Crippen LogP contribution in [-0.2, 0) is 0 Å². The maximum Gasteiger partial charge on any atom is 0.225 e. The molecular weight excluding hydrogens is 348 g/mol. The fourth-order valence-corrected chi connectivity index (χ4v) is 2.64. The van der Waals surface area contributed by atoms with Crippen LogP contribution in [0.5, 0.6) is 5.88 Å². The third-order valence-electron chi connectivity index (χ3n) is 3.59. The highest BCUT2D eigenvalue weighted by atomic mass is 79.9. The highest BCUT2D eigenvalue weighted by Gasteiger charge is 2.21. The van der Waals surface area contributed by atoms with Gasteiger partial charge in [0, 0.05) is 37.6 Å². The summed E-state index contributed by atoms with van der Waals surface area (Å²) in [4.78, 5) is 19.1. The maximum absolute atomic E-state index is 5.11. The number of anilines is 2. The van der Waals surface area contributed by atoms with Crippen molar-refractivity contribution in [3.05, 3.63) is 29.3 Å². The summed E-state index contributed by atoms with van der Waals surface area (Å²) in [7, 11) is 1.60. The lowest BCUT2D eigenvalue weighted by Crippen LogP contribution is -2.40. The molecule has 8 heteroatoms. The average molecular weight is 365 g/mol. The predicted octanol–water partition coefficient (Wildman–Crippen LogP) is 2.12. The van der Waals surface area contributed by atoms with Gasteiger partial charge in [0.25, 0.3) is 0 Å². The molecule has 116 valence electrons. The lowest BCUT2D eigenvalue weighted by atomic mass is 10.1. The van der Waals surface area contributed by atoms with Crippen molar-refractivity contribution >= 4 is 27.7 Å². The number of ether oxygens (including phenoxy) is 1. The van der Waals surface area contributed by atoms with Crippen molar-refractivity contribution in [3.8, 4) is 5.88 Å². The van der Waals surface area contributed by atoms with E-state index in [0.717, 1.165) is 42.2 Å². The molecule has 0 amide bonds. The van der Waals surface area contributed by atoms with Crippen molar-refractivity contribution in [2.24, 2.45) is 0 Å². The average Bonchev–Trinajstić information content (AvgIpc) is 2.57. The second kappa shape index (κ2) is 6.87. The molecule has 1 N–H and O–H groups in total. The van der Waals surface area contributed by atoms with Gasteiger partial charge in [0.2, 0.25) is 11.8 Å². The molecule has 0 radical (unpaired) electrons. The first-order valence-corrected chi connectivity index (χ1v) is 7.89. The summed E-state index contributed by atoms with van der Waals surface area (Å²) in [5.41, 5.74) is 0. The van der Waals surface area contributed by atoms with Crippen LogP contribution in [0.4, 0.5) is 11.8 Å². The first kappa shape index (κ1) is 15.0. The molecule has 1 fully saturated rings. The number of methoxy groups -OCH3 is 1. The molecule has 0 atom stereocenters. The molecule has 0 bridgehead atoms. The van der Waals surface area contributed by atoms with E-state index in [4.69, 9.17) is 4.74 Å². The van der Waals surface area contributed by atoms with Gasteiger partial charge in [0.1, 0.15) is 12.1 Å². The molecular formula is C14H17BrN6O. The first-order valence-electron chi connectivity index (χ1n) is 7.09. The fourth-order valence-electron chi connectivity index (χ4n) is 2.43. The summed E-state index contributed by atoms with van der Waals surface area (Å²) in [6, 6.07) is 2.19. The van der Waals surface area contributed by atoms with Crippen LogP contribution < -0.4 is 15.0 Å². The molecule has 22 heavy (non-hydrogen) atoms. The number of rotatable bonds is 4. The van der Waals surface area contributed by atoms with Gasteiger partial charge in [-0.15, -0.1) is 0 Å². The van der Waals surface area contributed by atoms with Crippen LogP contribution >= 0.6 is 15.9 Å². The largest absolute Gasteiger partial charge is 0.481 e. The molecule has 3 rings (SSSR count). The van der Waals surface area contributed by atoms with E-state index in [-0.39, 0.29) is 0 Å². The molecule has 7 nitrogen and oxygen atoms in total. The van der Waals surface area contributed by atoms with Crippen molar-refractivity contribution in [1.82, 2.24) is 19.9 Å². The molecule has 1 aliphatic rings. The number of nitrogens with zero attached hydrogens (tertiary/aromatic N) is 5. The third-order valence-corrected chi connectivity index (χ3v) is 4.00. The zero-order chi connectivity index (χ0) is 15.4. The van der Waals surface area contributed by atoms with Crippen molar-refractivity contribution in [2.75, 3.05) is 30.4 Å². The molecule has 0 saturated carbocycles. The standard InChI is InChI=1S/C14H17BrN6O/c1-22-13-6-12(18-9-19-13)20-11-2-4-21(5-3-11)14-16-7-10(15)8-17-14/h6-9,11H,2-5H2,1H3,(H,18,19,20). The number of hydrogen-bond acceptors (Lipinski definition) is 7. The van der Waals surface area contributed by atoms with Crippen molar-refractivity contribution in [2.45, 2.75) is 18.9 Å². The smallest absolute Gasteiger partial charge is 0.225 e. The quantitative estimate of drug-likeness (QED) is 0.889. The fraction of sp³-hybridized carbons (Fsp3) is 0.429. The Hall–Kier alpha value is -1.96. The van der Waals surface area contributed by atoms with E-state index >= 15 is 0 Å². The van der Waals surface area contributed by atoms with Gasteiger partial charge in [-0.2, -0.15) is 0 Å². The Kier molecular flexibility index (Phi) is 4.67. The Balaban J connectivity index is 1.56. The molecule has 0 aliphatic carbocycles. The minimum absolute atomic E-state index is 0.381. The summed E-state index contributed by atoms with van der Waals surface area (Å²) in [6.07, 6.45) is 7.07. The Morgan fingerprint density at radius 1 is 1.18 bits per heavy atom. The Labute approximate surface area is 137 Å². The van der Waals surface area contributed by atoms with Gasteiger partial charge in [-0.25, -0.2) is 19.9 Å². The summed E-state index contributed by atoms with van der Waals surface area (Å²) in [5, 5.41) is 3.43. The third kappa shape index (κ3) is 3.62. The van der Waals surface area contributed by atoms with E-state index in [1.165, 1.54) is 6.33 Å². The monoisotopic (exact) mass is 364 g/mol. The van der Waals surface area contributed by atoms with Crippen molar-refractivity contribution in [1.29, 1.82) is 0 Å². The molecule has 2 aromatic heterocycles. The molecule has 1 aliphatic heterocycles. The second-order valence-corrected chi connectivity index (χ2v) is 5.97. The van der Waals surface area contributed by atoms with Gasteiger partial charge < -0.3 is 15.0 Å². The van der Waals surface area contributed by atoms with Crippen LogP contribution in [0.1, 0.15) is 12.8 Å². The summed E-state index contributed by atoms with van der Waals surface area (Å²) < 4.78 is 6.00. The molecule has 0 unspecified atom stereocenters. The van der Waals surface area contributed by atoms with Crippen LogP contribution in [0, 0.1) is 0 Å². The lowest BCUT2D eigenvalue weighted by molar-refractivity contribution is 0.397. The molecule has 0 aromatic carbocycles. The van der Waals surface area contributed by atoms with Gasteiger partial charge in [0.15, 0.2) is 0 Å². The molecule has 2 aromatic rings. The van der Waals surface area contributed by atoms with Gasteiger partial charge in [-0.3, -0.25) is 0 Å². The number of hydrogen-bond donors (Lipinski definition) is 1. The summed E-state index contributed by atoms with van der Waals surface area (Å²) in [5.74, 6) is 2.15. The van der Waals surface area contributed by atoms with Crippen LogP contribution in [0.25, 0.3) is 0 Å². The van der Waals surface area contributed by atoms with Crippen LogP contribution in [0.3, 0.4) is 0 Å². The highest BCUT2D eigenvalue weighted by molar-refractivity contribution is 9.10. The zero-order valence-corrected chi connectivity index (χ0v) is 13.8. The molecule has 0 spiro atoms. The highest BCUT2D eigenvalue weighted by Crippen LogP contribution is 2.20. The second-order valence-electron chi connectivity index (χ2n) is 5.05. The molecule has 1 saturated heterocycles. The number of nitrogens with one attached hydrogen (secondary N) is 1. The minimum Gasteiger partial charge on any atom is -0.481 e. The van der Waals surface area contributed by atoms with E-state index in [9.17, 15) is 0 Å². The van der Waals surface area contributed by atoms with Crippen LogP contribution in [0.15, 0.2) is 29.3 Å². The topological polar surface area (TPSA) is 76.1 Å². The normalized spacial score (nSPS) is 15.6. The van der Waals surface area contributed by atoms with Gasteiger partial charge in [-0.05, 0) is 28.8 Å². The Bertz CT molecular complexity index is 615. The first-order chi connectivity index (χ1) is 10.7. The predicted molar refractivity (Wildman–Crippen MR) is 87.2 cm³/mol. The van der Waals surface area contributed by atoms with Crippen LogP contribution in [-0.4, -0.2) is 46.2 Å². The van der Waals surface area contributed by atoms with Gasteiger partial charge in [0.05, 0.1) is 11.6 Å². The Morgan fingerprint density at radius 3 is 2.59 bits per heavy atom.